The molecule has 1 atom stereocenters. The van der Waals surface area contributed by atoms with E-state index >= 15 is 0 Å². The fourth-order valence-electron chi connectivity index (χ4n) is 5.05. The number of aryl methyl sites for hydroxylation is 1. The Morgan fingerprint density at radius 3 is 2.50 bits per heavy atom. The molecule has 1 aliphatic rings. The highest BCUT2D eigenvalue weighted by Gasteiger charge is 2.44. The van der Waals surface area contributed by atoms with Gasteiger partial charge in [0.25, 0.3) is 5.91 Å². The van der Waals surface area contributed by atoms with Gasteiger partial charge in [-0.25, -0.2) is 4.79 Å². The third kappa shape index (κ3) is 5.40. The van der Waals surface area contributed by atoms with E-state index in [0.29, 0.717) is 59.1 Å². The van der Waals surface area contributed by atoms with Gasteiger partial charge in [-0.05, 0) is 74.4 Å². The van der Waals surface area contributed by atoms with Gasteiger partial charge in [0, 0.05) is 5.69 Å². The van der Waals surface area contributed by atoms with E-state index < -0.39 is 17.9 Å². The highest BCUT2D eigenvalue weighted by atomic mass is 16.5. The largest absolute Gasteiger partial charge is 0.490 e. The SMILES string of the molecule is C=CCOc1ccc(C2c3c(oc4ccc(C)cc4c3=O)C(=O)N2c2ccc(C(=O)OCCCC)cc2)cc1OCC. The summed E-state index contributed by atoms with van der Waals surface area (Å²) in [6.07, 6.45) is 3.33. The van der Waals surface area contributed by atoms with E-state index in [9.17, 15) is 14.4 Å². The number of ether oxygens (including phenoxy) is 3. The fourth-order valence-corrected chi connectivity index (χ4v) is 5.05. The van der Waals surface area contributed by atoms with Gasteiger partial charge in [-0.2, -0.15) is 0 Å². The molecule has 216 valence electrons. The summed E-state index contributed by atoms with van der Waals surface area (Å²) in [7, 11) is 0. The van der Waals surface area contributed by atoms with Crippen LogP contribution in [0, 0.1) is 6.92 Å². The summed E-state index contributed by atoms with van der Waals surface area (Å²) in [5, 5.41) is 0.398. The maximum absolute atomic E-state index is 14.0. The lowest BCUT2D eigenvalue weighted by Crippen LogP contribution is -2.29. The number of carbonyl (C=O) groups is 2. The number of carbonyl (C=O) groups excluding carboxylic acids is 2. The van der Waals surface area contributed by atoms with Crippen LogP contribution in [-0.2, 0) is 4.74 Å². The molecule has 1 aromatic heterocycles. The molecule has 8 nitrogen and oxygen atoms in total. The number of hydrogen-bond donors (Lipinski definition) is 0. The molecule has 8 heteroatoms. The summed E-state index contributed by atoms with van der Waals surface area (Å²) >= 11 is 0. The minimum Gasteiger partial charge on any atom is -0.490 e. The van der Waals surface area contributed by atoms with Gasteiger partial charge >= 0.3 is 5.97 Å². The number of esters is 1. The highest BCUT2D eigenvalue weighted by Crippen LogP contribution is 2.43. The first kappa shape index (κ1) is 28.7. The number of rotatable bonds is 11. The van der Waals surface area contributed by atoms with Crippen LogP contribution in [0.25, 0.3) is 11.0 Å². The van der Waals surface area contributed by atoms with Crippen molar-refractivity contribution in [2.24, 2.45) is 0 Å². The first-order valence-corrected chi connectivity index (χ1v) is 14.1. The van der Waals surface area contributed by atoms with Crippen molar-refractivity contribution >= 4 is 28.5 Å². The van der Waals surface area contributed by atoms with Crippen molar-refractivity contribution in [2.45, 2.75) is 39.7 Å². The molecule has 0 bridgehead atoms. The topological polar surface area (TPSA) is 95.3 Å². The molecule has 1 amide bonds. The van der Waals surface area contributed by atoms with Crippen LogP contribution < -0.4 is 19.8 Å². The number of fused-ring (bicyclic) bond motifs is 2. The molecule has 0 spiro atoms. The van der Waals surface area contributed by atoms with Crippen LogP contribution in [0.2, 0.25) is 0 Å². The average molecular weight is 568 g/mol. The van der Waals surface area contributed by atoms with Crippen LogP contribution in [0.3, 0.4) is 0 Å². The lowest BCUT2D eigenvalue weighted by Gasteiger charge is -2.26. The van der Waals surface area contributed by atoms with E-state index in [2.05, 4.69) is 6.58 Å². The number of nitrogens with zero attached hydrogens (tertiary/aromatic N) is 1. The van der Waals surface area contributed by atoms with Gasteiger partial charge in [-0.1, -0.05) is 43.7 Å². The Labute approximate surface area is 244 Å². The Balaban J connectivity index is 1.64. The summed E-state index contributed by atoms with van der Waals surface area (Å²) < 4.78 is 23.1. The number of amides is 1. The lowest BCUT2D eigenvalue weighted by atomic mass is 9.97. The second-order valence-electron chi connectivity index (χ2n) is 10.0. The van der Waals surface area contributed by atoms with E-state index in [-0.39, 0.29) is 16.8 Å². The quantitative estimate of drug-likeness (QED) is 0.112. The standard InChI is InChI=1S/C34H33NO7/c1-5-8-18-41-34(38)22-10-13-24(14-11-22)35-30(23-12-16-27(40-17-6-2)28(20-23)39-7-3)29-31(36)25-19-21(4)9-15-26(25)42-32(29)33(35)37/h6,9-16,19-20,30H,2,5,7-8,17-18H2,1,3-4H3. The molecule has 4 aromatic rings. The maximum atomic E-state index is 14.0. The van der Waals surface area contributed by atoms with Crippen LogP contribution in [0.15, 0.2) is 82.5 Å². The molecule has 1 aliphatic heterocycles. The molecule has 2 heterocycles. The van der Waals surface area contributed by atoms with Gasteiger partial charge in [0.1, 0.15) is 12.2 Å². The molecular weight excluding hydrogens is 534 g/mol. The molecule has 0 N–H and O–H groups in total. The molecule has 0 fully saturated rings. The second kappa shape index (κ2) is 12.3. The number of anilines is 1. The van der Waals surface area contributed by atoms with Gasteiger partial charge in [0.05, 0.1) is 35.8 Å². The van der Waals surface area contributed by atoms with Gasteiger partial charge in [-0.3, -0.25) is 14.5 Å². The first-order chi connectivity index (χ1) is 20.4. The maximum Gasteiger partial charge on any atom is 0.338 e. The van der Waals surface area contributed by atoms with Crippen LogP contribution in [-0.4, -0.2) is 31.7 Å². The summed E-state index contributed by atoms with van der Waals surface area (Å²) in [6, 6.07) is 16.4. The van der Waals surface area contributed by atoms with E-state index in [1.54, 1.807) is 60.7 Å². The molecular formula is C34H33NO7. The molecule has 0 saturated heterocycles. The van der Waals surface area contributed by atoms with Crippen molar-refractivity contribution < 1.29 is 28.2 Å². The van der Waals surface area contributed by atoms with Crippen molar-refractivity contribution in [1.82, 2.24) is 0 Å². The summed E-state index contributed by atoms with van der Waals surface area (Å²) in [4.78, 5) is 42.0. The predicted octanol–water partition coefficient (Wildman–Crippen LogP) is 6.77. The van der Waals surface area contributed by atoms with E-state index in [1.165, 1.54) is 4.90 Å². The Hall–Kier alpha value is -4.85. The summed E-state index contributed by atoms with van der Waals surface area (Å²) in [5.74, 6) is 0.0808. The number of benzene rings is 3. The fraction of sp³-hybridized carbons (Fsp3) is 0.265. The van der Waals surface area contributed by atoms with Gasteiger partial charge in [0.15, 0.2) is 16.9 Å². The van der Waals surface area contributed by atoms with Crippen LogP contribution in [0.5, 0.6) is 11.5 Å². The van der Waals surface area contributed by atoms with Gasteiger partial charge in [-0.15, -0.1) is 0 Å². The minimum absolute atomic E-state index is 0.0191. The van der Waals surface area contributed by atoms with Crippen molar-refractivity contribution in [3.8, 4) is 11.5 Å². The zero-order valence-corrected chi connectivity index (χ0v) is 24.0. The van der Waals surface area contributed by atoms with E-state index in [4.69, 9.17) is 18.6 Å². The van der Waals surface area contributed by atoms with Crippen molar-refractivity contribution in [3.63, 3.8) is 0 Å². The third-order valence-electron chi connectivity index (χ3n) is 7.08. The van der Waals surface area contributed by atoms with Crippen molar-refractivity contribution in [1.29, 1.82) is 0 Å². The van der Waals surface area contributed by atoms with E-state index in [0.717, 1.165) is 18.4 Å². The monoisotopic (exact) mass is 567 g/mol. The van der Waals surface area contributed by atoms with Crippen molar-refractivity contribution in [3.05, 3.63) is 112 Å². The third-order valence-corrected chi connectivity index (χ3v) is 7.08. The lowest BCUT2D eigenvalue weighted by molar-refractivity contribution is 0.0499. The molecule has 5 rings (SSSR count). The van der Waals surface area contributed by atoms with Crippen LogP contribution in [0.1, 0.15) is 70.3 Å². The molecule has 1 unspecified atom stereocenters. The zero-order valence-electron chi connectivity index (χ0n) is 24.0. The predicted molar refractivity (Wildman–Crippen MR) is 161 cm³/mol. The smallest absolute Gasteiger partial charge is 0.338 e. The van der Waals surface area contributed by atoms with Gasteiger partial charge < -0.3 is 18.6 Å². The summed E-state index contributed by atoms with van der Waals surface area (Å²) in [6.45, 7) is 10.5. The number of unbranched alkanes of at least 4 members (excludes halogenated alkanes) is 1. The second-order valence-corrected chi connectivity index (χ2v) is 10.0. The Morgan fingerprint density at radius 1 is 1.00 bits per heavy atom. The Kier molecular flexibility index (Phi) is 8.43. The summed E-state index contributed by atoms with van der Waals surface area (Å²) in [5.41, 5.74) is 2.70. The molecule has 0 saturated carbocycles. The van der Waals surface area contributed by atoms with Crippen LogP contribution in [0.4, 0.5) is 5.69 Å². The molecule has 3 aromatic carbocycles. The highest BCUT2D eigenvalue weighted by molar-refractivity contribution is 6.11. The molecule has 42 heavy (non-hydrogen) atoms. The van der Waals surface area contributed by atoms with Crippen LogP contribution >= 0.6 is 0 Å². The number of hydrogen-bond acceptors (Lipinski definition) is 7. The van der Waals surface area contributed by atoms with Gasteiger partial charge in [0.2, 0.25) is 5.76 Å². The Bertz CT molecular complexity index is 1700. The zero-order chi connectivity index (χ0) is 29.8. The van der Waals surface area contributed by atoms with Crippen molar-refractivity contribution in [2.75, 3.05) is 24.7 Å². The minimum atomic E-state index is -0.816. The molecule has 0 radical (unpaired) electrons. The molecule has 0 aliphatic carbocycles. The normalized spacial score (nSPS) is 14.1. The Morgan fingerprint density at radius 2 is 1.79 bits per heavy atom. The average Bonchev–Trinajstić information content (AvgIpc) is 3.29. The van der Waals surface area contributed by atoms with E-state index in [1.807, 2.05) is 26.8 Å². The first-order valence-electron chi connectivity index (χ1n) is 14.1.